The van der Waals surface area contributed by atoms with Crippen molar-refractivity contribution in [3.63, 3.8) is 0 Å². The highest BCUT2D eigenvalue weighted by Gasteiger charge is 2.24. The highest BCUT2D eigenvalue weighted by molar-refractivity contribution is 5.94. The van der Waals surface area contributed by atoms with Gasteiger partial charge in [0.25, 0.3) is 0 Å². The van der Waals surface area contributed by atoms with Gasteiger partial charge in [0.05, 0.1) is 22.6 Å². The van der Waals surface area contributed by atoms with E-state index < -0.39 is 11.6 Å². The SMILES string of the molecule is Cc1cc([C@@H](C)Nc2ccc(C)nc2C(=O)OC(C)(C)C)c2oc(-c3ccc4nn(C)cc4c3)c(C)c(=O)c2c1. The van der Waals surface area contributed by atoms with Gasteiger partial charge < -0.3 is 14.5 Å². The number of anilines is 1. The summed E-state index contributed by atoms with van der Waals surface area (Å²) in [5, 5.41) is 9.35. The van der Waals surface area contributed by atoms with Crippen LogP contribution in [0.25, 0.3) is 33.2 Å². The zero-order chi connectivity index (χ0) is 28.9. The van der Waals surface area contributed by atoms with E-state index in [1.54, 1.807) is 11.6 Å². The number of fused-ring (bicyclic) bond motifs is 2. The molecule has 206 valence electrons. The van der Waals surface area contributed by atoms with Crippen LogP contribution in [-0.4, -0.2) is 26.3 Å². The summed E-state index contributed by atoms with van der Waals surface area (Å²) in [5.41, 5.74) is 5.17. The zero-order valence-corrected chi connectivity index (χ0v) is 24.2. The van der Waals surface area contributed by atoms with Crippen LogP contribution in [-0.2, 0) is 11.8 Å². The van der Waals surface area contributed by atoms with E-state index in [1.165, 1.54) is 0 Å². The Bertz CT molecular complexity index is 1840. The van der Waals surface area contributed by atoms with Gasteiger partial charge in [-0.05, 0) is 90.4 Å². The maximum atomic E-state index is 13.6. The van der Waals surface area contributed by atoms with Crippen molar-refractivity contribution in [1.82, 2.24) is 14.8 Å². The van der Waals surface area contributed by atoms with E-state index in [4.69, 9.17) is 9.15 Å². The van der Waals surface area contributed by atoms with Crippen LogP contribution in [0.4, 0.5) is 5.69 Å². The molecular formula is C32H34N4O4. The standard InChI is InChI=1S/C32H34N4O4/c1-17-13-23(20(4)34-26-11-9-18(2)33-27(26)31(38)40-32(5,6)7)30-24(14-17)28(37)19(3)29(39-30)21-10-12-25-22(15-21)16-36(8)35-25/h9-16,20,34H,1-8H3/t20-/m1/s1. The first-order valence-corrected chi connectivity index (χ1v) is 13.3. The van der Waals surface area contributed by atoms with Crippen molar-refractivity contribution in [2.45, 2.75) is 60.1 Å². The van der Waals surface area contributed by atoms with E-state index in [0.29, 0.717) is 33.7 Å². The Morgan fingerprint density at radius 2 is 1.82 bits per heavy atom. The van der Waals surface area contributed by atoms with Gasteiger partial charge in [0.1, 0.15) is 16.9 Å². The first-order chi connectivity index (χ1) is 18.8. The Morgan fingerprint density at radius 1 is 1.07 bits per heavy atom. The molecule has 5 aromatic rings. The van der Waals surface area contributed by atoms with E-state index in [2.05, 4.69) is 15.4 Å². The Morgan fingerprint density at radius 3 is 2.55 bits per heavy atom. The summed E-state index contributed by atoms with van der Waals surface area (Å²) in [5.74, 6) is 0.0160. The van der Waals surface area contributed by atoms with Crippen molar-refractivity contribution in [3.8, 4) is 11.3 Å². The molecule has 1 atom stereocenters. The molecule has 2 aromatic carbocycles. The van der Waals surface area contributed by atoms with Gasteiger partial charge in [0.15, 0.2) is 11.1 Å². The summed E-state index contributed by atoms with van der Waals surface area (Å²) in [4.78, 5) is 31.1. The molecule has 8 nitrogen and oxygen atoms in total. The predicted molar refractivity (Wildman–Crippen MR) is 158 cm³/mol. The molecule has 0 saturated heterocycles. The number of esters is 1. The first kappa shape index (κ1) is 27.1. The molecule has 0 aliphatic heterocycles. The summed E-state index contributed by atoms with van der Waals surface area (Å²) < 4.78 is 13.9. The fraction of sp³-hybridized carbons (Fsp3) is 0.312. The van der Waals surface area contributed by atoms with Crippen LogP contribution in [0.3, 0.4) is 0 Å². The van der Waals surface area contributed by atoms with Crippen molar-refractivity contribution >= 4 is 33.5 Å². The van der Waals surface area contributed by atoms with E-state index in [-0.39, 0.29) is 17.2 Å². The Hall–Kier alpha value is -4.46. The number of aryl methyl sites for hydroxylation is 3. The summed E-state index contributed by atoms with van der Waals surface area (Å²) in [6.45, 7) is 13.0. The largest absolute Gasteiger partial charge is 0.455 e. The normalized spacial score (nSPS) is 12.6. The number of aromatic nitrogens is 3. The average molecular weight is 539 g/mol. The third-order valence-electron chi connectivity index (χ3n) is 6.74. The Labute approximate surface area is 233 Å². The quantitative estimate of drug-likeness (QED) is 0.246. The molecule has 0 saturated carbocycles. The van der Waals surface area contributed by atoms with Crippen LogP contribution >= 0.6 is 0 Å². The number of nitrogens with zero attached hydrogens (tertiary/aromatic N) is 3. The lowest BCUT2D eigenvalue weighted by molar-refractivity contribution is 0.00637. The van der Waals surface area contributed by atoms with Crippen LogP contribution in [0.15, 0.2) is 57.9 Å². The highest BCUT2D eigenvalue weighted by Crippen LogP contribution is 2.33. The van der Waals surface area contributed by atoms with Crippen molar-refractivity contribution in [1.29, 1.82) is 0 Å². The molecule has 1 N–H and O–H groups in total. The van der Waals surface area contributed by atoms with Crippen molar-refractivity contribution in [2.24, 2.45) is 7.05 Å². The van der Waals surface area contributed by atoms with E-state index >= 15 is 0 Å². The molecular weight excluding hydrogens is 504 g/mol. The zero-order valence-electron chi connectivity index (χ0n) is 24.2. The van der Waals surface area contributed by atoms with Crippen molar-refractivity contribution in [2.75, 3.05) is 5.32 Å². The maximum Gasteiger partial charge on any atom is 0.359 e. The van der Waals surface area contributed by atoms with E-state index in [9.17, 15) is 9.59 Å². The highest BCUT2D eigenvalue weighted by atomic mass is 16.6. The molecule has 5 rings (SSSR count). The minimum absolute atomic E-state index is 0.0777. The maximum absolute atomic E-state index is 13.6. The molecule has 8 heteroatoms. The molecule has 0 unspecified atom stereocenters. The lowest BCUT2D eigenvalue weighted by atomic mass is 9.98. The number of rotatable bonds is 5. The fourth-order valence-corrected chi connectivity index (χ4v) is 4.92. The van der Waals surface area contributed by atoms with Crippen LogP contribution in [0.1, 0.15) is 66.6 Å². The molecule has 0 spiro atoms. The minimum Gasteiger partial charge on any atom is -0.455 e. The molecule has 0 radical (unpaired) electrons. The smallest absolute Gasteiger partial charge is 0.359 e. The van der Waals surface area contributed by atoms with Crippen LogP contribution in [0.2, 0.25) is 0 Å². The van der Waals surface area contributed by atoms with Crippen LogP contribution < -0.4 is 10.7 Å². The van der Waals surface area contributed by atoms with Gasteiger partial charge >= 0.3 is 5.97 Å². The molecule has 0 bridgehead atoms. The summed E-state index contributed by atoms with van der Waals surface area (Å²) in [7, 11) is 1.88. The molecule has 0 aliphatic carbocycles. The second-order valence-electron chi connectivity index (χ2n) is 11.4. The predicted octanol–water partition coefficient (Wildman–Crippen LogP) is 6.80. The monoisotopic (exact) mass is 538 g/mol. The Balaban J connectivity index is 1.61. The number of benzene rings is 2. The third kappa shape index (κ3) is 5.21. The summed E-state index contributed by atoms with van der Waals surface area (Å²) >= 11 is 0. The second-order valence-corrected chi connectivity index (χ2v) is 11.4. The number of carbonyl (C=O) groups is 1. The summed E-state index contributed by atoms with van der Waals surface area (Å²) in [6.07, 6.45) is 1.94. The first-order valence-electron chi connectivity index (χ1n) is 13.3. The molecule has 3 heterocycles. The topological polar surface area (TPSA) is 99.2 Å². The van der Waals surface area contributed by atoms with Gasteiger partial charge in [-0.25, -0.2) is 9.78 Å². The van der Waals surface area contributed by atoms with Gasteiger partial charge in [-0.3, -0.25) is 9.48 Å². The Kier molecular flexibility index (Phi) is 6.74. The van der Waals surface area contributed by atoms with Gasteiger partial charge in [-0.1, -0.05) is 6.07 Å². The van der Waals surface area contributed by atoms with Crippen molar-refractivity contribution in [3.05, 3.63) is 87.0 Å². The molecule has 3 aromatic heterocycles. The number of hydrogen-bond donors (Lipinski definition) is 1. The van der Waals surface area contributed by atoms with Gasteiger partial charge in [-0.15, -0.1) is 0 Å². The number of nitrogens with one attached hydrogen (secondary N) is 1. The summed E-state index contributed by atoms with van der Waals surface area (Å²) in [6, 6.07) is 13.0. The number of pyridine rings is 1. The average Bonchev–Trinajstić information content (AvgIpc) is 3.25. The van der Waals surface area contributed by atoms with Crippen molar-refractivity contribution < 1.29 is 13.9 Å². The van der Waals surface area contributed by atoms with Gasteiger partial charge in [0, 0.05) is 41.0 Å². The lowest BCUT2D eigenvalue weighted by Crippen LogP contribution is -2.25. The minimum atomic E-state index is -0.658. The molecule has 40 heavy (non-hydrogen) atoms. The van der Waals surface area contributed by atoms with E-state index in [1.807, 2.05) is 97.3 Å². The third-order valence-corrected chi connectivity index (χ3v) is 6.74. The van der Waals surface area contributed by atoms with Crippen LogP contribution in [0, 0.1) is 20.8 Å². The van der Waals surface area contributed by atoms with E-state index in [0.717, 1.165) is 27.6 Å². The second kappa shape index (κ2) is 9.93. The van der Waals surface area contributed by atoms with Gasteiger partial charge in [-0.2, -0.15) is 5.10 Å². The van der Waals surface area contributed by atoms with Gasteiger partial charge in [0.2, 0.25) is 0 Å². The van der Waals surface area contributed by atoms with Crippen LogP contribution in [0.5, 0.6) is 0 Å². The molecule has 0 amide bonds. The number of ether oxygens (including phenoxy) is 1. The number of hydrogen-bond acceptors (Lipinski definition) is 7. The lowest BCUT2D eigenvalue weighted by Gasteiger charge is -2.22. The number of carbonyl (C=O) groups excluding carboxylic acids is 1. The fourth-order valence-electron chi connectivity index (χ4n) is 4.92. The molecule has 0 aliphatic rings. The molecule has 0 fully saturated rings.